The van der Waals surface area contributed by atoms with Crippen molar-refractivity contribution in [2.75, 3.05) is 6.61 Å². The van der Waals surface area contributed by atoms with Gasteiger partial charge < -0.3 is 4.74 Å². The second-order valence-electron chi connectivity index (χ2n) is 7.22. The molecule has 0 aliphatic carbocycles. The fraction of sp³-hybridized carbons (Fsp3) is 0.455. The Balaban J connectivity index is 1.70. The van der Waals surface area contributed by atoms with E-state index in [4.69, 9.17) is 4.74 Å². The van der Waals surface area contributed by atoms with Crippen LogP contribution in [-0.4, -0.2) is 23.7 Å². The normalized spacial score (nSPS) is 21.3. The van der Waals surface area contributed by atoms with Crippen LogP contribution in [0, 0.1) is 5.92 Å². The lowest BCUT2D eigenvalue weighted by molar-refractivity contribution is -0.0596. The summed E-state index contributed by atoms with van der Waals surface area (Å²) < 4.78 is 6.17. The van der Waals surface area contributed by atoms with E-state index in [0.717, 1.165) is 19.7 Å². The summed E-state index contributed by atoms with van der Waals surface area (Å²) >= 11 is 0. The van der Waals surface area contributed by atoms with Gasteiger partial charge in [0, 0.05) is 19.1 Å². The Labute approximate surface area is 146 Å². The van der Waals surface area contributed by atoms with Gasteiger partial charge in [-0.05, 0) is 29.9 Å². The van der Waals surface area contributed by atoms with Crippen molar-refractivity contribution in [3.05, 3.63) is 71.8 Å². The second kappa shape index (κ2) is 8.46. The molecule has 0 unspecified atom stereocenters. The fourth-order valence-electron chi connectivity index (χ4n) is 3.52. The Morgan fingerprint density at radius 2 is 1.42 bits per heavy atom. The van der Waals surface area contributed by atoms with Gasteiger partial charge in [-0.25, -0.2) is 0 Å². The predicted molar refractivity (Wildman–Crippen MR) is 99.7 cm³/mol. The summed E-state index contributed by atoms with van der Waals surface area (Å²) in [7, 11) is 0. The van der Waals surface area contributed by atoms with Gasteiger partial charge in [0.15, 0.2) is 0 Å². The van der Waals surface area contributed by atoms with Gasteiger partial charge in [-0.15, -0.1) is 0 Å². The Morgan fingerprint density at radius 3 is 1.83 bits per heavy atom. The third-order valence-electron chi connectivity index (χ3n) is 5.00. The van der Waals surface area contributed by atoms with E-state index in [1.807, 2.05) is 0 Å². The number of ether oxygens (including phenoxy) is 1. The van der Waals surface area contributed by atoms with Crippen molar-refractivity contribution in [1.82, 2.24) is 4.90 Å². The zero-order valence-electron chi connectivity index (χ0n) is 14.9. The first-order valence-electron chi connectivity index (χ1n) is 9.16. The molecule has 3 rings (SSSR count). The summed E-state index contributed by atoms with van der Waals surface area (Å²) in [5.74, 6) is 0.614. The average Bonchev–Trinajstić information content (AvgIpc) is 2.63. The van der Waals surface area contributed by atoms with Gasteiger partial charge in [0.25, 0.3) is 0 Å². The first-order chi connectivity index (χ1) is 11.7. The molecule has 0 radical (unpaired) electrons. The molecular weight excluding hydrogens is 294 g/mol. The lowest BCUT2D eigenvalue weighted by Crippen LogP contribution is -2.43. The molecule has 2 nitrogen and oxygen atoms in total. The van der Waals surface area contributed by atoms with Crippen LogP contribution >= 0.6 is 0 Å². The summed E-state index contributed by atoms with van der Waals surface area (Å²) in [4.78, 5) is 2.58. The van der Waals surface area contributed by atoms with Crippen LogP contribution in [0.15, 0.2) is 60.7 Å². The summed E-state index contributed by atoms with van der Waals surface area (Å²) in [6.45, 7) is 7.34. The monoisotopic (exact) mass is 323 g/mol. The first kappa shape index (κ1) is 17.2. The summed E-state index contributed by atoms with van der Waals surface area (Å²) in [5, 5.41) is 0. The highest BCUT2D eigenvalue weighted by Crippen LogP contribution is 2.25. The van der Waals surface area contributed by atoms with Crippen LogP contribution in [-0.2, 0) is 17.8 Å². The average molecular weight is 323 g/mol. The zero-order chi connectivity index (χ0) is 16.8. The molecule has 2 heteroatoms. The summed E-state index contributed by atoms with van der Waals surface area (Å²) in [5.41, 5.74) is 2.75. The second-order valence-corrected chi connectivity index (χ2v) is 7.22. The number of hydrogen-bond donors (Lipinski definition) is 0. The smallest absolute Gasteiger partial charge is 0.0626 e. The van der Waals surface area contributed by atoms with E-state index in [0.29, 0.717) is 18.1 Å². The molecule has 0 N–H and O–H groups in total. The fourth-order valence-corrected chi connectivity index (χ4v) is 3.52. The molecule has 0 amide bonds. The molecule has 1 fully saturated rings. The largest absolute Gasteiger partial charge is 0.376 e. The molecule has 0 bridgehead atoms. The van der Waals surface area contributed by atoms with E-state index in [-0.39, 0.29) is 0 Å². The highest BCUT2D eigenvalue weighted by molar-refractivity contribution is 5.17. The van der Waals surface area contributed by atoms with Gasteiger partial charge in [0.05, 0.1) is 12.7 Å². The highest BCUT2D eigenvalue weighted by atomic mass is 16.5. The van der Waals surface area contributed by atoms with Crippen LogP contribution in [0.25, 0.3) is 0 Å². The topological polar surface area (TPSA) is 12.5 Å². The maximum Gasteiger partial charge on any atom is 0.0626 e. The number of hydrogen-bond acceptors (Lipinski definition) is 2. The molecule has 2 aromatic rings. The minimum absolute atomic E-state index is 0.427. The van der Waals surface area contributed by atoms with Crippen LogP contribution in [0.3, 0.4) is 0 Å². The zero-order valence-corrected chi connectivity index (χ0v) is 14.9. The van der Waals surface area contributed by atoms with Crippen molar-refractivity contribution in [2.45, 2.75) is 51.9 Å². The maximum absolute atomic E-state index is 6.17. The van der Waals surface area contributed by atoms with Crippen LogP contribution < -0.4 is 0 Å². The quantitative estimate of drug-likeness (QED) is 0.750. The van der Waals surface area contributed by atoms with Crippen LogP contribution in [0.1, 0.15) is 37.8 Å². The van der Waals surface area contributed by atoms with Crippen molar-refractivity contribution >= 4 is 0 Å². The number of benzene rings is 2. The molecule has 2 atom stereocenters. The van der Waals surface area contributed by atoms with Crippen molar-refractivity contribution < 1.29 is 4.74 Å². The van der Waals surface area contributed by atoms with Crippen molar-refractivity contribution in [1.29, 1.82) is 0 Å². The highest BCUT2D eigenvalue weighted by Gasteiger charge is 2.28. The van der Waals surface area contributed by atoms with E-state index in [2.05, 4.69) is 79.4 Å². The van der Waals surface area contributed by atoms with Crippen LogP contribution in [0.2, 0.25) is 0 Å². The lowest BCUT2D eigenvalue weighted by Gasteiger charge is -2.38. The number of nitrogens with zero attached hydrogens (tertiary/aromatic N) is 1. The van der Waals surface area contributed by atoms with Crippen molar-refractivity contribution in [3.8, 4) is 0 Å². The molecule has 24 heavy (non-hydrogen) atoms. The molecule has 1 aliphatic heterocycles. The molecule has 0 spiro atoms. The first-order valence-corrected chi connectivity index (χ1v) is 9.16. The molecule has 1 aliphatic rings. The maximum atomic E-state index is 6.17. The molecular formula is C22H29NO. The Morgan fingerprint density at radius 1 is 0.875 bits per heavy atom. The SMILES string of the molecule is CC(C)[C@@H]1CC[C@@H](N(Cc2ccccc2)Cc2ccccc2)CO1. The lowest BCUT2D eigenvalue weighted by atomic mass is 9.95. The summed E-state index contributed by atoms with van der Waals surface area (Å²) in [6.07, 6.45) is 2.82. The number of rotatable bonds is 6. The van der Waals surface area contributed by atoms with Crippen LogP contribution in [0.5, 0.6) is 0 Å². The van der Waals surface area contributed by atoms with Gasteiger partial charge in [0.2, 0.25) is 0 Å². The van der Waals surface area contributed by atoms with Gasteiger partial charge >= 0.3 is 0 Å². The predicted octanol–water partition coefficient (Wildman–Crippen LogP) is 4.89. The minimum Gasteiger partial charge on any atom is -0.376 e. The van der Waals surface area contributed by atoms with E-state index < -0.39 is 0 Å². The van der Waals surface area contributed by atoms with Gasteiger partial charge in [0.1, 0.15) is 0 Å². The molecule has 1 saturated heterocycles. The molecule has 2 aromatic carbocycles. The minimum atomic E-state index is 0.427. The van der Waals surface area contributed by atoms with Gasteiger partial charge in [-0.3, -0.25) is 4.90 Å². The Kier molecular flexibility index (Phi) is 6.06. The van der Waals surface area contributed by atoms with Gasteiger partial charge in [-0.2, -0.15) is 0 Å². The van der Waals surface area contributed by atoms with Crippen molar-refractivity contribution in [2.24, 2.45) is 5.92 Å². The molecule has 1 heterocycles. The molecule has 128 valence electrons. The van der Waals surface area contributed by atoms with E-state index in [9.17, 15) is 0 Å². The molecule has 0 aromatic heterocycles. The Hall–Kier alpha value is -1.64. The van der Waals surface area contributed by atoms with E-state index in [1.54, 1.807) is 0 Å². The van der Waals surface area contributed by atoms with Crippen LogP contribution in [0.4, 0.5) is 0 Å². The third-order valence-corrected chi connectivity index (χ3v) is 5.00. The third kappa shape index (κ3) is 4.68. The standard InChI is InChI=1S/C22H29NO/c1-18(2)22-14-13-21(17-24-22)23(15-19-9-5-3-6-10-19)16-20-11-7-4-8-12-20/h3-12,18,21-22H,13-17H2,1-2H3/t21-,22+/m1/s1. The van der Waals surface area contributed by atoms with Gasteiger partial charge in [-0.1, -0.05) is 74.5 Å². The van der Waals surface area contributed by atoms with E-state index in [1.165, 1.54) is 24.0 Å². The Bertz CT molecular complexity index is 546. The van der Waals surface area contributed by atoms with E-state index >= 15 is 0 Å². The molecule has 0 saturated carbocycles. The summed E-state index contributed by atoms with van der Waals surface area (Å²) in [6, 6.07) is 22.1. The van der Waals surface area contributed by atoms with Crippen molar-refractivity contribution in [3.63, 3.8) is 0 Å².